The largest absolute Gasteiger partial charge is 0.497 e. The summed E-state index contributed by atoms with van der Waals surface area (Å²) in [5, 5.41) is 7.31. The third kappa shape index (κ3) is 8.02. The summed E-state index contributed by atoms with van der Waals surface area (Å²) < 4.78 is 16.3. The molecule has 39 heavy (non-hydrogen) atoms. The van der Waals surface area contributed by atoms with Gasteiger partial charge in [-0.2, -0.15) is 0 Å². The summed E-state index contributed by atoms with van der Waals surface area (Å²) >= 11 is 0. The number of rotatable bonds is 14. The van der Waals surface area contributed by atoms with Gasteiger partial charge in [-0.25, -0.2) is 4.98 Å². The Morgan fingerprint density at radius 2 is 1.54 bits per heavy atom. The van der Waals surface area contributed by atoms with E-state index in [4.69, 9.17) is 24.9 Å². The Morgan fingerprint density at radius 3 is 2.15 bits per heavy atom. The fraction of sp³-hybridized carbons (Fsp3) is 0.469. The summed E-state index contributed by atoms with van der Waals surface area (Å²) in [6.07, 6.45) is 7.25. The van der Waals surface area contributed by atoms with Crippen LogP contribution < -0.4 is 25.8 Å². The third-order valence-corrected chi connectivity index (χ3v) is 7.51. The number of hydrogen-bond acceptors (Lipinski definition) is 7. The Labute approximate surface area is 233 Å². The number of aromatic nitrogens is 1. The Bertz CT molecular complexity index is 1160. The highest BCUT2D eigenvalue weighted by Crippen LogP contribution is 2.35. The van der Waals surface area contributed by atoms with Crippen molar-refractivity contribution in [3.8, 4) is 11.5 Å². The molecule has 0 radical (unpaired) electrons. The zero-order chi connectivity index (χ0) is 27.5. The second-order valence-corrected chi connectivity index (χ2v) is 10.3. The van der Waals surface area contributed by atoms with Gasteiger partial charge in [0, 0.05) is 44.0 Å². The van der Waals surface area contributed by atoms with Crippen LogP contribution >= 0.6 is 0 Å². The van der Waals surface area contributed by atoms with Gasteiger partial charge in [-0.1, -0.05) is 44.0 Å². The zero-order valence-corrected chi connectivity index (χ0v) is 23.7. The number of hydrogen-bond donors (Lipinski definition) is 3. The molecule has 1 aromatic heterocycles. The summed E-state index contributed by atoms with van der Waals surface area (Å²) in [5.74, 6) is 3.01. The van der Waals surface area contributed by atoms with Gasteiger partial charge in [0.2, 0.25) is 0 Å². The number of nitrogens with one attached hydrogen (secondary N) is 2. The smallest absolute Gasteiger partial charge is 0.151 e. The molecule has 1 saturated heterocycles. The van der Waals surface area contributed by atoms with Crippen LogP contribution in [-0.2, 0) is 24.1 Å². The van der Waals surface area contributed by atoms with E-state index in [-0.39, 0.29) is 0 Å². The number of anilines is 3. The number of nitrogens with zero attached hydrogens (tertiary/aromatic N) is 1. The maximum Gasteiger partial charge on any atom is 0.151 e. The lowest BCUT2D eigenvalue weighted by atomic mass is 9.96. The zero-order valence-electron chi connectivity index (χ0n) is 23.7. The van der Waals surface area contributed by atoms with Gasteiger partial charge in [0.05, 0.1) is 25.6 Å². The van der Waals surface area contributed by atoms with E-state index in [1.165, 1.54) is 24.0 Å². The first-order valence-electron chi connectivity index (χ1n) is 14.2. The summed E-state index contributed by atoms with van der Waals surface area (Å²) in [6, 6.07) is 16.4. The van der Waals surface area contributed by atoms with Gasteiger partial charge in [-0.05, 0) is 67.0 Å². The van der Waals surface area contributed by atoms with Gasteiger partial charge in [-0.15, -0.1) is 0 Å². The van der Waals surface area contributed by atoms with Crippen LogP contribution in [0, 0.1) is 5.92 Å². The molecule has 0 saturated carbocycles. The van der Waals surface area contributed by atoms with Crippen LogP contribution in [0.1, 0.15) is 61.4 Å². The number of ether oxygens (including phenoxy) is 3. The molecule has 0 amide bonds. The molecule has 4 rings (SSSR count). The first-order chi connectivity index (χ1) is 19.1. The molecule has 0 unspecified atom stereocenters. The van der Waals surface area contributed by atoms with Crippen LogP contribution in [0.3, 0.4) is 0 Å². The first kappa shape index (κ1) is 28.6. The van der Waals surface area contributed by atoms with Crippen molar-refractivity contribution in [2.75, 3.05) is 50.3 Å². The molecule has 1 aliphatic rings. The molecule has 0 bridgehead atoms. The molecule has 2 heterocycles. The normalized spacial score (nSPS) is 13.7. The van der Waals surface area contributed by atoms with E-state index in [1.807, 2.05) is 24.3 Å². The van der Waals surface area contributed by atoms with E-state index >= 15 is 0 Å². The Morgan fingerprint density at radius 1 is 0.897 bits per heavy atom. The van der Waals surface area contributed by atoms with Crippen LogP contribution in [0.4, 0.5) is 17.2 Å². The van der Waals surface area contributed by atoms with Gasteiger partial charge >= 0.3 is 0 Å². The molecule has 7 heteroatoms. The van der Waals surface area contributed by atoms with E-state index < -0.39 is 0 Å². The van der Waals surface area contributed by atoms with Gasteiger partial charge in [0.15, 0.2) is 5.82 Å². The minimum absolute atomic E-state index is 0.569. The highest BCUT2D eigenvalue weighted by atomic mass is 16.5. The quantitative estimate of drug-likeness (QED) is 0.205. The van der Waals surface area contributed by atoms with Crippen LogP contribution in [0.25, 0.3) is 0 Å². The predicted molar refractivity (Wildman–Crippen MR) is 160 cm³/mol. The highest BCUT2D eigenvalue weighted by molar-refractivity contribution is 5.81. The molecule has 2 aromatic carbocycles. The van der Waals surface area contributed by atoms with Crippen LogP contribution in [0.2, 0.25) is 0 Å². The second kappa shape index (κ2) is 14.6. The predicted octanol–water partition coefficient (Wildman–Crippen LogP) is 6.46. The first-order valence-corrected chi connectivity index (χ1v) is 14.2. The minimum Gasteiger partial charge on any atom is -0.497 e. The van der Waals surface area contributed by atoms with Crippen LogP contribution in [0.5, 0.6) is 11.5 Å². The fourth-order valence-corrected chi connectivity index (χ4v) is 5.04. The summed E-state index contributed by atoms with van der Waals surface area (Å²) in [4.78, 5) is 5.13. The Kier molecular flexibility index (Phi) is 10.7. The van der Waals surface area contributed by atoms with Crippen molar-refractivity contribution in [1.29, 1.82) is 0 Å². The maximum absolute atomic E-state index is 6.88. The number of pyridine rings is 1. The SMILES string of the molecule is CCCCCc1nc(NCc2ccc(OC)cc2)c(N)c(NCC2CCOCC2)c1Cc1ccc(OC)cc1. The lowest BCUT2D eigenvalue weighted by Crippen LogP contribution is -2.24. The summed E-state index contributed by atoms with van der Waals surface area (Å²) in [7, 11) is 3.38. The number of nitrogen functional groups attached to an aromatic ring is 1. The molecule has 210 valence electrons. The van der Waals surface area contributed by atoms with Crippen molar-refractivity contribution in [2.45, 2.75) is 58.4 Å². The lowest BCUT2D eigenvalue weighted by molar-refractivity contribution is 0.0699. The number of methoxy groups -OCH3 is 2. The minimum atomic E-state index is 0.569. The van der Waals surface area contributed by atoms with E-state index in [2.05, 4.69) is 41.8 Å². The highest BCUT2D eigenvalue weighted by Gasteiger charge is 2.21. The van der Waals surface area contributed by atoms with E-state index in [0.717, 1.165) is 86.1 Å². The monoisotopic (exact) mass is 532 g/mol. The summed E-state index contributed by atoms with van der Waals surface area (Å²) in [6.45, 7) is 5.39. The van der Waals surface area contributed by atoms with Crippen molar-refractivity contribution in [2.24, 2.45) is 5.92 Å². The van der Waals surface area contributed by atoms with Gasteiger partial charge in [0.1, 0.15) is 11.5 Å². The maximum atomic E-state index is 6.88. The van der Waals surface area contributed by atoms with Crippen molar-refractivity contribution < 1.29 is 14.2 Å². The average molecular weight is 533 g/mol. The molecule has 1 fully saturated rings. The van der Waals surface area contributed by atoms with E-state index in [1.54, 1.807) is 14.2 Å². The van der Waals surface area contributed by atoms with Gasteiger partial charge in [0.25, 0.3) is 0 Å². The van der Waals surface area contributed by atoms with E-state index in [9.17, 15) is 0 Å². The fourth-order valence-electron chi connectivity index (χ4n) is 5.04. The summed E-state index contributed by atoms with van der Waals surface area (Å²) in [5.41, 5.74) is 13.2. The molecule has 0 atom stereocenters. The van der Waals surface area contributed by atoms with Gasteiger partial charge in [-0.3, -0.25) is 0 Å². The Hall–Kier alpha value is -3.45. The van der Waals surface area contributed by atoms with Crippen molar-refractivity contribution in [3.63, 3.8) is 0 Å². The van der Waals surface area contributed by atoms with Crippen molar-refractivity contribution >= 4 is 17.2 Å². The standard InChI is InChI=1S/C32H44N4O3/c1-4-5-6-7-29-28(20-23-8-12-26(37-2)13-9-23)31(34-21-25-16-18-39-19-17-25)30(33)32(36-29)35-22-24-10-14-27(38-3)15-11-24/h8-15,25H,4-7,16-22,33H2,1-3H3,(H2,34,35,36). The second-order valence-electron chi connectivity index (χ2n) is 10.3. The molecular formula is C32H44N4O3. The molecular weight excluding hydrogens is 488 g/mol. The van der Waals surface area contributed by atoms with E-state index in [0.29, 0.717) is 18.2 Å². The lowest BCUT2D eigenvalue weighted by Gasteiger charge is -2.26. The van der Waals surface area contributed by atoms with Crippen LogP contribution in [-0.4, -0.2) is 39.0 Å². The topological polar surface area (TPSA) is 90.7 Å². The Balaban J connectivity index is 1.66. The molecule has 4 N–H and O–H groups in total. The number of nitrogens with two attached hydrogens (primary N) is 1. The number of aryl methyl sites for hydroxylation is 1. The van der Waals surface area contributed by atoms with Crippen molar-refractivity contribution in [1.82, 2.24) is 4.98 Å². The molecule has 0 spiro atoms. The van der Waals surface area contributed by atoms with Crippen molar-refractivity contribution in [3.05, 3.63) is 70.9 Å². The van der Waals surface area contributed by atoms with Gasteiger partial charge < -0.3 is 30.6 Å². The molecule has 3 aromatic rings. The molecule has 1 aliphatic heterocycles. The molecule has 7 nitrogen and oxygen atoms in total. The number of benzene rings is 2. The third-order valence-electron chi connectivity index (χ3n) is 7.51. The van der Waals surface area contributed by atoms with Crippen LogP contribution in [0.15, 0.2) is 48.5 Å². The average Bonchev–Trinajstić information content (AvgIpc) is 2.98. The number of unbranched alkanes of at least 4 members (excludes halogenated alkanes) is 2. The molecule has 0 aliphatic carbocycles.